The molecule has 1 aromatic heterocycles. The predicted octanol–water partition coefficient (Wildman–Crippen LogP) is -0.187. The van der Waals surface area contributed by atoms with Crippen molar-refractivity contribution in [1.29, 1.82) is 0 Å². The van der Waals surface area contributed by atoms with E-state index in [1.807, 2.05) is 0 Å². The number of aliphatic hydroxyl groups excluding tert-OH is 1. The molecule has 0 atom stereocenters. The summed E-state index contributed by atoms with van der Waals surface area (Å²) in [6.07, 6.45) is 4.31. The molecule has 1 fully saturated rings. The number of aliphatic hydroxyl groups is 1. The van der Waals surface area contributed by atoms with Crippen LogP contribution in [-0.4, -0.2) is 47.3 Å². The molecule has 6 nitrogen and oxygen atoms in total. The fourth-order valence-corrected chi connectivity index (χ4v) is 3.47. The maximum absolute atomic E-state index is 12.2. The third-order valence-electron chi connectivity index (χ3n) is 3.15. The fourth-order valence-electron chi connectivity index (χ4n) is 2.01. The number of nitrogens with zero attached hydrogens (tertiary/aromatic N) is 3. The Bertz CT molecular complexity index is 475. The molecule has 0 amide bonds. The second-order valence-corrected chi connectivity index (χ2v) is 6.32. The second-order valence-electron chi connectivity index (χ2n) is 4.38. The molecular formula is C10H17N3O3S. The molecule has 1 N–H and O–H groups in total. The van der Waals surface area contributed by atoms with Crippen LogP contribution in [0.5, 0.6) is 0 Å². The van der Waals surface area contributed by atoms with Crippen LogP contribution < -0.4 is 0 Å². The van der Waals surface area contributed by atoms with Crippen molar-refractivity contribution >= 4 is 10.0 Å². The van der Waals surface area contributed by atoms with Crippen molar-refractivity contribution < 1.29 is 13.5 Å². The molecule has 0 unspecified atom stereocenters. The summed E-state index contributed by atoms with van der Waals surface area (Å²) in [7, 11) is -1.71. The van der Waals surface area contributed by atoms with Crippen LogP contribution in [-0.2, 0) is 17.1 Å². The highest BCUT2D eigenvalue weighted by molar-refractivity contribution is 7.89. The summed E-state index contributed by atoms with van der Waals surface area (Å²) in [6.45, 7) is 1.09. The van der Waals surface area contributed by atoms with Gasteiger partial charge >= 0.3 is 0 Å². The lowest BCUT2D eigenvalue weighted by Gasteiger charge is -2.29. The van der Waals surface area contributed by atoms with Gasteiger partial charge < -0.3 is 5.11 Å². The summed E-state index contributed by atoms with van der Waals surface area (Å²) < 4.78 is 27.4. The Hall–Kier alpha value is -0.920. The van der Waals surface area contributed by atoms with Crippen molar-refractivity contribution in [1.82, 2.24) is 14.1 Å². The van der Waals surface area contributed by atoms with Crippen molar-refractivity contribution in [2.75, 3.05) is 19.7 Å². The SMILES string of the molecule is Cn1cc(S(=O)(=O)N2CCC(CO)CC2)cn1. The average Bonchev–Trinajstić information content (AvgIpc) is 2.77. The van der Waals surface area contributed by atoms with Crippen LogP contribution in [0, 0.1) is 5.92 Å². The van der Waals surface area contributed by atoms with E-state index in [0.717, 1.165) is 12.8 Å². The summed E-state index contributed by atoms with van der Waals surface area (Å²) in [5.41, 5.74) is 0. The molecule has 1 aliphatic rings. The van der Waals surface area contributed by atoms with Gasteiger partial charge in [0.05, 0.1) is 6.20 Å². The van der Waals surface area contributed by atoms with E-state index in [9.17, 15) is 8.42 Å². The number of aryl methyl sites for hydroxylation is 1. The summed E-state index contributed by atoms with van der Waals surface area (Å²) in [6, 6.07) is 0. The first-order chi connectivity index (χ1) is 8.04. The number of hydrogen-bond acceptors (Lipinski definition) is 4. The molecule has 7 heteroatoms. The molecule has 96 valence electrons. The number of rotatable bonds is 3. The van der Waals surface area contributed by atoms with Gasteiger partial charge in [-0.2, -0.15) is 9.40 Å². The highest BCUT2D eigenvalue weighted by Gasteiger charge is 2.29. The van der Waals surface area contributed by atoms with E-state index in [2.05, 4.69) is 5.10 Å². The van der Waals surface area contributed by atoms with Gasteiger partial charge in [-0.05, 0) is 18.8 Å². The molecule has 0 saturated carbocycles. The minimum Gasteiger partial charge on any atom is -0.396 e. The van der Waals surface area contributed by atoms with Gasteiger partial charge in [0.25, 0.3) is 0 Å². The van der Waals surface area contributed by atoms with Crippen LogP contribution in [0.1, 0.15) is 12.8 Å². The van der Waals surface area contributed by atoms with Crippen molar-refractivity contribution in [2.45, 2.75) is 17.7 Å². The van der Waals surface area contributed by atoms with Crippen molar-refractivity contribution in [3.63, 3.8) is 0 Å². The summed E-state index contributed by atoms with van der Waals surface area (Å²) >= 11 is 0. The molecule has 2 heterocycles. The summed E-state index contributed by atoms with van der Waals surface area (Å²) in [5, 5.41) is 12.9. The third-order valence-corrected chi connectivity index (χ3v) is 5.00. The number of sulfonamides is 1. The summed E-state index contributed by atoms with van der Waals surface area (Å²) in [4.78, 5) is 0.238. The Morgan fingerprint density at radius 3 is 2.59 bits per heavy atom. The first-order valence-electron chi connectivity index (χ1n) is 5.63. The zero-order valence-corrected chi connectivity index (χ0v) is 10.6. The van der Waals surface area contributed by atoms with Gasteiger partial charge in [0.15, 0.2) is 0 Å². The average molecular weight is 259 g/mol. The minimum atomic E-state index is -3.40. The fraction of sp³-hybridized carbons (Fsp3) is 0.700. The molecule has 2 rings (SSSR count). The highest BCUT2D eigenvalue weighted by Crippen LogP contribution is 2.22. The van der Waals surface area contributed by atoms with E-state index < -0.39 is 10.0 Å². The van der Waals surface area contributed by atoms with E-state index in [4.69, 9.17) is 5.11 Å². The maximum Gasteiger partial charge on any atom is 0.246 e. The molecule has 1 aromatic rings. The molecule has 0 bridgehead atoms. The topological polar surface area (TPSA) is 75.4 Å². The first-order valence-corrected chi connectivity index (χ1v) is 7.07. The highest BCUT2D eigenvalue weighted by atomic mass is 32.2. The Morgan fingerprint density at radius 1 is 1.47 bits per heavy atom. The lowest BCUT2D eigenvalue weighted by atomic mass is 10.00. The zero-order valence-electron chi connectivity index (χ0n) is 9.78. The van der Waals surface area contributed by atoms with Crippen molar-refractivity contribution in [2.24, 2.45) is 13.0 Å². The minimum absolute atomic E-state index is 0.140. The molecule has 0 aliphatic carbocycles. The Kier molecular flexibility index (Phi) is 3.50. The van der Waals surface area contributed by atoms with Crippen LogP contribution in [0.2, 0.25) is 0 Å². The van der Waals surface area contributed by atoms with E-state index in [0.29, 0.717) is 13.1 Å². The van der Waals surface area contributed by atoms with Crippen LogP contribution in [0.4, 0.5) is 0 Å². The molecule has 0 radical (unpaired) electrons. The smallest absolute Gasteiger partial charge is 0.246 e. The number of hydrogen-bond donors (Lipinski definition) is 1. The lowest BCUT2D eigenvalue weighted by molar-refractivity contribution is 0.170. The standard InChI is InChI=1S/C10H17N3O3S/c1-12-7-10(6-11-12)17(15,16)13-4-2-9(8-14)3-5-13/h6-7,9,14H,2-5,8H2,1H3. The second kappa shape index (κ2) is 4.75. The molecular weight excluding hydrogens is 242 g/mol. The van der Waals surface area contributed by atoms with Crippen LogP contribution >= 0.6 is 0 Å². The van der Waals surface area contributed by atoms with Gasteiger partial charge in [-0.3, -0.25) is 4.68 Å². The van der Waals surface area contributed by atoms with Crippen LogP contribution in [0.3, 0.4) is 0 Å². The van der Waals surface area contributed by atoms with E-state index in [1.54, 1.807) is 7.05 Å². The quantitative estimate of drug-likeness (QED) is 0.816. The molecule has 1 saturated heterocycles. The number of piperidine rings is 1. The van der Waals surface area contributed by atoms with E-state index in [-0.39, 0.29) is 17.4 Å². The predicted molar refractivity (Wildman–Crippen MR) is 61.8 cm³/mol. The third kappa shape index (κ3) is 2.51. The summed E-state index contributed by atoms with van der Waals surface area (Å²) in [5.74, 6) is 0.232. The Balaban J connectivity index is 2.12. The molecule has 17 heavy (non-hydrogen) atoms. The Morgan fingerprint density at radius 2 is 2.12 bits per heavy atom. The van der Waals surface area contributed by atoms with Crippen LogP contribution in [0.25, 0.3) is 0 Å². The normalized spacial score (nSPS) is 19.6. The van der Waals surface area contributed by atoms with Gasteiger partial charge in [0.2, 0.25) is 10.0 Å². The molecule has 1 aliphatic heterocycles. The van der Waals surface area contributed by atoms with Crippen molar-refractivity contribution in [3.8, 4) is 0 Å². The van der Waals surface area contributed by atoms with Crippen LogP contribution in [0.15, 0.2) is 17.3 Å². The molecule has 0 aromatic carbocycles. The largest absolute Gasteiger partial charge is 0.396 e. The van der Waals surface area contributed by atoms with Crippen molar-refractivity contribution in [3.05, 3.63) is 12.4 Å². The monoisotopic (exact) mass is 259 g/mol. The van der Waals surface area contributed by atoms with Gasteiger partial charge in [-0.15, -0.1) is 0 Å². The van der Waals surface area contributed by atoms with E-state index in [1.165, 1.54) is 21.4 Å². The maximum atomic E-state index is 12.2. The zero-order chi connectivity index (χ0) is 12.5. The first kappa shape index (κ1) is 12.5. The van der Waals surface area contributed by atoms with Gasteiger partial charge in [-0.1, -0.05) is 0 Å². The lowest BCUT2D eigenvalue weighted by Crippen LogP contribution is -2.39. The Labute approximate surface area is 101 Å². The van der Waals surface area contributed by atoms with Gasteiger partial charge in [0.1, 0.15) is 4.90 Å². The number of aromatic nitrogens is 2. The van der Waals surface area contributed by atoms with Gasteiger partial charge in [-0.25, -0.2) is 8.42 Å². The molecule has 0 spiro atoms. The van der Waals surface area contributed by atoms with E-state index >= 15 is 0 Å². The van der Waals surface area contributed by atoms with Gasteiger partial charge in [0, 0.05) is 32.9 Å².